The quantitative estimate of drug-likeness (QED) is 0.166. The van der Waals surface area contributed by atoms with Gasteiger partial charge < -0.3 is 4.90 Å². The first-order chi connectivity index (χ1) is 24.2. The lowest BCUT2D eigenvalue weighted by atomic mass is 9.79. The van der Waals surface area contributed by atoms with Gasteiger partial charge in [-0.2, -0.15) is 0 Å². The molecule has 0 bridgehead atoms. The van der Waals surface area contributed by atoms with Crippen molar-refractivity contribution in [2.24, 2.45) is 0 Å². The third-order valence-electron chi connectivity index (χ3n) is 11.4. The van der Waals surface area contributed by atoms with E-state index in [1.807, 2.05) is 0 Å². The molecule has 0 amide bonds. The molecule has 0 saturated carbocycles. The number of fused-ring (bicyclic) bond motifs is 6. The topological polar surface area (TPSA) is 3.24 Å². The van der Waals surface area contributed by atoms with Gasteiger partial charge in [0.05, 0.1) is 0 Å². The number of hydrogen-bond acceptors (Lipinski definition) is 1. The predicted octanol–water partition coefficient (Wildman–Crippen LogP) is 11.1. The summed E-state index contributed by atoms with van der Waals surface area (Å²) >= 11 is 0. The molecule has 2 aliphatic rings. The summed E-state index contributed by atoms with van der Waals surface area (Å²) in [5.41, 5.74) is 19.5. The first-order valence-corrected chi connectivity index (χ1v) is 18.8. The minimum Gasteiger partial charge on any atom is -0.311 e. The van der Waals surface area contributed by atoms with Crippen LogP contribution in [0.1, 0.15) is 49.9 Å². The van der Waals surface area contributed by atoms with Crippen LogP contribution in [0, 0.1) is 0 Å². The zero-order valence-electron chi connectivity index (χ0n) is 29.5. The Labute approximate surface area is 299 Å². The van der Waals surface area contributed by atoms with Gasteiger partial charge in [-0.15, -0.1) is 0 Å². The SMILES string of the molecule is CC1(C)c2ccccc2-c2cc3c(cc21)-c1c(-c2ccc(N(c4ccccc4)c4ccc(-c5ccc([SiH3])cc5)cc4)cc2)cccc1C3(C)C. The van der Waals surface area contributed by atoms with E-state index in [9.17, 15) is 0 Å². The summed E-state index contributed by atoms with van der Waals surface area (Å²) < 4.78 is 0. The molecule has 0 unspecified atom stereocenters. The minimum atomic E-state index is -0.0894. The molecule has 50 heavy (non-hydrogen) atoms. The van der Waals surface area contributed by atoms with Crippen LogP contribution in [-0.4, -0.2) is 10.2 Å². The van der Waals surface area contributed by atoms with Gasteiger partial charge in [0.1, 0.15) is 0 Å². The third kappa shape index (κ3) is 4.66. The summed E-state index contributed by atoms with van der Waals surface area (Å²) in [4.78, 5) is 2.35. The van der Waals surface area contributed by atoms with Crippen molar-refractivity contribution in [3.05, 3.63) is 180 Å². The van der Waals surface area contributed by atoms with Crippen LogP contribution in [-0.2, 0) is 10.8 Å². The molecular formula is C48H41NSi. The van der Waals surface area contributed by atoms with Gasteiger partial charge in [-0.25, -0.2) is 0 Å². The number of anilines is 3. The monoisotopic (exact) mass is 659 g/mol. The molecule has 0 atom stereocenters. The number of para-hydroxylation sites is 1. The van der Waals surface area contributed by atoms with Gasteiger partial charge in [-0.05, 0) is 115 Å². The Morgan fingerprint density at radius 3 is 1.54 bits per heavy atom. The molecule has 2 aliphatic carbocycles. The van der Waals surface area contributed by atoms with Crippen molar-refractivity contribution in [3.8, 4) is 44.5 Å². The van der Waals surface area contributed by atoms with Crippen molar-refractivity contribution >= 4 is 32.5 Å². The molecule has 1 nitrogen and oxygen atoms in total. The second kappa shape index (κ2) is 11.3. The Kier molecular flexibility index (Phi) is 6.92. The minimum absolute atomic E-state index is 0.0366. The number of hydrogen-bond donors (Lipinski definition) is 0. The molecule has 242 valence electrons. The Morgan fingerprint density at radius 1 is 0.380 bits per heavy atom. The maximum absolute atomic E-state index is 2.52. The molecule has 0 fully saturated rings. The Morgan fingerprint density at radius 2 is 0.860 bits per heavy atom. The summed E-state index contributed by atoms with van der Waals surface area (Å²) in [5.74, 6) is 0. The largest absolute Gasteiger partial charge is 0.311 e. The first-order valence-electron chi connectivity index (χ1n) is 17.8. The maximum Gasteiger partial charge on any atom is 0.0462 e. The molecular weight excluding hydrogens is 619 g/mol. The fraction of sp³-hybridized carbons (Fsp3) is 0.125. The lowest BCUT2D eigenvalue weighted by molar-refractivity contribution is 0.652. The van der Waals surface area contributed by atoms with Crippen molar-refractivity contribution < 1.29 is 0 Å². The molecule has 9 rings (SSSR count). The molecule has 0 heterocycles. The zero-order chi connectivity index (χ0) is 34.2. The van der Waals surface area contributed by atoms with Crippen molar-refractivity contribution in [2.75, 3.05) is 4.90 Å². The van der Waals surface area contributed by atoms with Crippen LogP contribution in [0.3, 0.4) is 0 Å². The van der Waals surface area contributed by atoms with E-state index in [1.54, 1.807) is 0 Å². The Hall–Kier alpha value is -5.44. The van der Waals surface area contributed by atoms with Crippen LogP contribution in [0.2, 0.25) is 0 Å². The van der Waals surface area contributed by atoms with E-state index in [-0.39, 0.29) is 10.8 Å². The molecule has 7 aromatic carbocycles. The Balaban J connectivity index is 1.12. The summed E-state index contributed by atoms with van der Waals surface area (Å²) in [6.45, 7) is 9.55. The summed E-state index contributed by atoms with van der Waals surface area (Å²) in [6, 6.07) is 58.7. The molecule has 0 spiro atoms. The molecule has 0 radical (unpaired) electrons. The van der Waals surface area contributed by atoms with E-state index in [0.29, 0.717) is 0 Å². The van der Waals surface area contributed by atoms with Gasteiger partial charge >= 0.3 is 0 Å². The van der Waals surface area contributed by atoms with Gasteiger partial charge in [0.25, 0.3) is 0 Å². The van der Waals surface area contributed by atoms with Gasteiger partial charge in [-0.3, -0.25) is 0 Å². The summed E-state index contributed by atoms with van der Waals surface area (Å²) in [5, 5.41) is 1.41. The van der Waals surface area contributed by atoms with E-state index in [0.717, 1.165) is 27.3 Å². The normalized spacial score (nSPS) is 14.5. The van der Waals surface area contributed by atoms with Crippen molar-refractivity contribution in [3.63, 3.8) is 0 Å². The number of nitrogens with zero attached hydrogens (tertiary/aromatic N) is 1. The molecule has 0 N–H and O–H groups in total. The average molecular weight is 660 g/mol. The highest BCUT2D eigenvalue weighted by molar-refractivity contribution is 6.32. The average Bonchev–Trinajstić information content (AvgIpc) is 3.51. The third-order valence-corrected chi connectivity index (χ3v) is 12.0. The lowest BCUT2D eigenvalue weighted by Crippen LogP contribution is -2.16. The molecule has 0 aromatic heterocycles. The predicted molar refractivity (Wildman–Crippen MR) is 217 cm³/mol. The number of rotatable bonds is 5. The molecule has 0 saturated heterocycles. The van der Waals surface area contributed by atoms with Crippen LogP contribution in [0.15, 0.2) is 158 Å². The van der Waals surface area contributed by atoms with Crippen LogP contribution in [0.25, 0.3) is 44.5 Å². The van der Waals surface area contributed by atoms with Crippen LogP contribution < -0.4 is 10.1 Å². The van der Waals surface area contributed by atoms with E-state index < -0.39 is 0 Å². The smallest absolute Gasteiger partial charge is 0.0462 e. The first kappa shape index (κ1) is 30.6. The number of benzene rings is 7. The van der Waals surface area contributed by atoms with E-state index >= 15 is 0 Å². The Bertz CT molecular complexity index is 2400. The van der Waals surface area contributed by atoms with E-state index in [1.165, 1.54) is 71.9 Å². The maximum atomic E-state index is 2.52. The van der Waals surface area contributed by atoms with Crippen molar-refractivity contribution in [2.45, 2.75) is 38.5 Å². The second-order valence-electron chi connectivity index (χ2n) is 15.1. The highest BCUT2D eigenvalue weighted by atomic mass is 28.1. The van der Waals surface area contributed by atoms with Gasteiger partial charge in [0, 0.05) is 38.1 Å². The fourth-order valence-electron chi connectivity index (χ4n) is 8.58. The van der Waals surface area contributed by atoms with Crippen LogP contribution >= 0.6 is 0 Å². The molecule has 2 heteroatoms. The standard InChI is InChI=1S/C48H41NSi/c1-47(2)42-15-9-8-13-39(42)40-29-45-41(30-44(40)47)46-38(14-10-16-43(46)48(45,3)4)33-19-25-36(26-20-33)49(34-11-6-5-7-12-34)35-23-17-31(18-24-35)32-21-27-37(50)28-22-32/h5-30H,1-4,50H3. The van der Waals surface area contributed by atoms with Crippen molar-refractivity contribution in [1.29, 1.82) is 0 Å². The highest BCUT2D eigenvalue weighted by Crippen LogP contribution is 2.57. The second-order valence-corrected chi connectivity index (χ2v) is 16.3. The van der Waals surface area contributed by atoms with Gasteiger partial charge in [-0.1, -0.05) is 142 Å². The lowest BCUT2D eigenvalue weighted by Gasteiger charge is -2.26. The van der Waals surface area contributed by atoms with E-state index in [4.69, 9.17) is 0 Å². The molecule has 0 aliphatic heterocycles. The zero-order valence-corrected chi connectivity index (χ0v) is 31.5. The fourth-order valence-corrected chi connectivity index (χ4v) is 8.92. The van der Waals surface area contributed by atoms with Crippen LogP contribution in [0.4, 0.5) is 17.1 Å². The molecule has 7 aromatic rings. The summed E-state index contributed by atoms with van der Waals surface area (Å²) in [7, 11) is 1.07. The van der Waals surface area contributed by atoms with Gasteiger partial charge in [0.15, 0.2) is 0 Å². The summed E-state index contributed by atoms with van der Waals surface area (Å²) in [6.07, 6.45) is 0. The van der Waals surface area contributed by atoms with Gasteiger partial charge in [0.2, 0.25) is 0 Å². The highest BCUT2D eigenvalue weighted by Gasteiger charge is 2.42. The van der Waals surface area contributed by atoms with Crippen LogP contribution in [0.5, 0.6) is 0 Å². The van der Waals surface area contributed by atoms with E-state index in [2.05, 4.69) is 190 Å². The van der Waals surface area contributed by atoms with Crippen molar-refractivity contribution in [1.82, 2.24) is 0 Å².